The van der Waals surface area contributed by atoms with Crippen LogP contribution in [0.25, 0.3) is 0 Å². The highest BCUT2D eigenvalue weighted by atomic mass is 16.5. The first-order valence-corrected chi connectivity index (χ1v) is 4.62. The summed E-state index contributed by atoms with van der Waals surface area (Å²) >= 11 is 0. The molecular formula is C9H13N3O. The molecule has 2 rings (SSSR count). The molecule has 0 saturated heterocycles. The first-order valence-electron chi connectivity index (χ1n) is 4.62. The predicted molar refractivity (Wildman–Crippen MR) is 49.5 cm³/mol. The van der Waals surface area contributed by atoms with E-state index in [4.69, 9.17) is 4.52 Å². The van der Waals surface area contributed by atoms with Gasteiger partial charge in [-0.15, -0.1) is 0 Å². The van der Waals surface area contributed by atoms with Crippen LogP contribution in [0.5, 0.6) is 0 Å². The van der Waals surface area contributed by atoms with Crippen molar-refractivity contribution >= 4 is 5.84 Å². The number of hydrogen-bond acceptors (Lipinski definition) is 4. The minimum atomic E-state index is 0.693. The molecule has 0 saturated carbocycles. The summed E-state index contributed by atoms with van der Waals surface area (Å²) in [7, 11) is 0. The molecule has 1 aromatic rings. The summed E-state index contributed by atoms with van der Waals surface area (Å²) in [6.45, 7) is 1.65. The Labute approximate surface area is 77.0 Å². The van der Waals surface area contributed by atoms with Crippen LogP contribution < -0.4 is 5.32 Å². The van der Waals surface area contributed by atoms with Crippen LogP contribution in [0.3, 0.4) is 0 Å². The molecule has 0 aromatic carbocycles. The van der Waals surface area contributed by atoms with Gasteiger partial charge in [-0.2, -0.15) is 0 Å². The van der Waals surface area contributed by atoms with Gasteiger partial charge in [-0.25, -0.2) is 0 Å². The van der Waals surface area contributed by atoms with E-state index in [0.717, 1.165) is 24.6 Å². The zero-order chi connectivity index (χ0) is 8.93. The standard InChI is InChI=1S/C9H13N3O/c1-2-5-10-9(3-1)11-7-8-4-6-12-13-8/h4,6H,1-3,5,7H2,(H,10,11). The lowest BCUT2D eigenvalue weighted by atomic mass is 10.2. The SMILES string of the molecule is c1cc(CNC2=NCCCC2)on1. The maximum Gasteiger partial charge on any atom is 0.155 e. The average Bonchev–Trinajstić information content (AvgIpc) is 2.69. The van der Waals surface area contributed by atoms with Crippen molar-refractivity contribution in [1.29, 1.82) is 0 Å². The van der Waals surface area contributed by atoms with Crippen molar-refractivity contribution in [3.05, 3.63) is 18.0 Å². The van der Waals surface area contributed by atoms with Gasteiger partial charge < -0.3 is 9.84 Å². The highest BCUT2D eigenvalue weighted by Gasteiger charge is 2.04. The van der Waals surface area contributed by atoms with Crippen molar-refractivity contribution in [2.24, 2.45) is 4.99 Å². The molecule has 4 heteroatoms. The second-order valence-electron chi connectivity index (χ2n) is 3.12. The van der Waals surface area contributed by atoms with E-state index in [0.29, 0.717) is 6.54 Å². The number of nitrogens with one attached hydrogen (secondary N) is 1. The summed E-state index contributed by atoms with van der Waals surface area (Å²) in [6.07, 6.45) is 5.17. The summed E-state index contributed by atoms with van der Waals surface area (Å²) in [6, 6.07) is 1.86. The zero-order valence-corrected chi connectivity index (χ0v) is 7.49. The lowest BCUT2D eigenvalue weighted by Crippen LogP contribution is -2.25. The highest BCUT2D eigenvalue weighted by molar-refractivity contribution is 5.82. The van der Waals surface area contributed by atoms with Crippen molar-refractivity contribution in [1.82, 2.24) is 10.5 Å². The number of rotatable bonds is 2. The van der Waals surface area contributed by atoms with E-state index < -0.39 is 0 Å². The Kier molecular flexibility index (Phi) is 2.59. The van der Waals surface area contributed by atoms with E-state index in [-0.39, 0.29) is 0 Å². The fourth-order valence-electron chi connectivity index (χ4n) is 1.36. The van der Waals surface area contributed by atoms with Crippen LogP contribution in [0.1, 0.15) is 25.0 Å². The minimum absolute atomic E-state index is 0.693. The number of nitrogens with zero attached hydrogens (tertiary/aromatic N) is 2. The van der Waals surface area contributed by atoms with Crippen LogP contribution in [0.4, 0.5) is 0 Å². The number of aliphatic imine (C=N–C) groups is 1. The molecule has 0 spiro atoms. The third-order valence-electron chi connectivity index (χ3n) is 2.08. The minimum Gasteiger partial charge on any atom is -0.366 e. The Morgan fingerprint density at radius 2 is 2.46 bits per heavy atom. The summed E-state index contributed by atoms with van der Waals surface area (Å²) in [4.78, 5) is 4.37. The molecule has 1 aliphatic heterocycles. The molecule has 0 fully saturated rings. The second kappa shape index (κ2) is 4.07. The van der Waals surface area contributed by atoms with Crippen molar-refractivity contribution < 1.29 is 4.52 Å². The van der Waals surface area contributed by atoms with Gasteiger partial charge in [-0.05, 0) is 12.8 Å². The van der Waals surface area contributed by atoms with Gasteiger partial charge >= 0.3 is 0 Å². The van der Waals surface area contributed by atoms with Gasteiger partial charge in [-0.3, -0.25) is 4.99 Å². The molecule has 0 aliphatic carbocycles. The normalized spacial score (nSPS) is 16.8. The predicted octanol–water partition coefficient (Wildman–Crippen LogP) is 1.35. The van der Waals surface area contributed by atoms with Gasteiger partial charge in [0.2, 0.25) is 0 Å². The Hall–Kier alpha value is -1.32. The second-order valence-corrected chi connectivity index (χ2v) is 3.12. The van der Waals surface area contributed by atoms with Gasteiger partial charge in [0.25, 0.3) is 0 Å². The molecule has 0 amide bonds. The molecule has 0 radical (unpaired) electrons. The Morgan fingerprint density at radius 3 is 3.15 bits per heavy atom. The van der Waals surface area contributed by atoms with Gasteiger partial charge in [-0.1, -0.05) is 5.16 Å². The van der Waals surface area contributed by atoms with Crippen molar-refractivity contribution in [3.63, 3.8) is 0 Å². The van der Waals surface area contributed by atoms with E-state index in [9.17, 15) is 0 Å². The van der Waals surface area contributed by atoms with E-state index >= 15 is 0 Å². The molecule has 1 N–H and O–H groups in total. The van der Waals surface area contributed by atoms with Gasteiger partial charge in [0.1, 0.15) is 0 Å². The van der Waals surface area contributed by atoms with Crippen molar-refractivity contribution in [2.75, 3.05) is 6.54 Å². The topological polar surface area (TPSA) is 50.4 Å². The van der Waals surface area contributed by atoms with Crippen LogP contribution in [0.2, 0.25) is 0 Å². The fraction of sp³-hybridized carbons (Fsp3) is 0.556. The molecule has 0 bridgehead atoms. The maximum atomic E-state index is 4.96. The molecule has 1 aromatic heterocycles. The molecule has 13 heavy (non-hydrogen) atoms. The summed E-state index contributed by atoms with van der Waals surface area (Å²) in [5.41, 5.74) is 0. The first kappa shape index (κ1) is 8.29. The Bertz CT molecular complexity index is 279. The molecular weight excluding hydrogens is 166 g/mol. The third-order valence-corrected chi connectivity index (χ3v) is 2.08. The van der Waals surface area contributed by atoms with Gasteiger partial charge in [0.05, 0.1) is 18.6 Å². The zero-order valence-electron chi connectivity index (χ0n) is 7.49. The van der Waals surface area contributed by atoms with Crippen LogP contribution in [0, 0.1) is 0 Å². The summed E-state index contributed by atoms with van der Waals surface area (Å²) in [5.74, 6) is 1.95. The quantitative estimate of drug-likeness (QED) is 0.745. The molecule has 4 nitrogen and oxygen atoms in total. The van der Waals surface area contributed by atoms with Crippen molar-refractivity contribution in [3.8, 4) is 0 Å². The molecule has 0 unspecified atom stereocenters. The maximum absolute atomic E-state index is 4.96. The highest BCUT2D eigenvalue weighted by Crippen LogP contribution is 2.04. The number of hydrogen-bond donors (Lipinski definition) is 1. The summed E-state index contributed by atoms with van der Waals surface area (Å²) in [5, 5.41) is 6.87. The Morgan fingerprint density at radius 1 is 1.46 bits per heavy atom. The molecule has 0 atom stereocenters. The number of aromatic nitrogens is 1. The first-order chi connectivity index (χ1) is 6.45. The average molecular weight is 179 g/mol. The lowest BCUT2D eigenvalue weighted by Gasteiger charge is -2.12. The van der Waals surface area contributed by atoms with E-state index in [2.05, 4.69) is 15.5 Å². The number of amidine groups is 1. The molecule has 1 aliphatic rings. The van der Waals surface area contributed by atoms with Crippen molar-refractivity contribution in [2.45, 2.75) is 25.8 Å². The smallest absolute Gasteiger partial charge is 0.155 e. The monoisotopic (exact) mass is 179 g/mol. The summed E-state index contributed by atoms with van der Waals surface area (Å²) < 4.78 is 4.96. The van der Waals surface area contributed by atoms with Crippen LogP contribution in [0.15, 0.2) is 21.8 Å². The van der Waals surface area contributed by atoms with Crippen LogP contribution in [-0.4, -0.2) is 17.5 Å². The van der Waals surface area contributed by atoms with E-state index in [1.54, 1.807) is 6.20 Å². The van der Waals surface area contributed by atoms with Gasteiger partial charge in [0.15, 0.2) is 5.76 Å². The van der Waals surface area contributed by atoms with Crippen LogP contribution >= 0.6 is 0 Å². The van der Waals surface area contributed by atoms with E-state index in [1.165, 1.54) is 12.8 Å². The van der Waals surface area contributed by atoms with E-state index in [1.807, 2.05) is 6.07 Å². The molecule has 2 heterocycles. The Balaban J connectivity index is 1.82. The van der Waals surface area contributed by atoms with Crippen LogP contribution in [-0.2, 0) is 6.54 Å². The lowest BCUT2D eigenvalue weighted by molar-refractivity contribution is 0.380. The largest absolute Gasteiger partial charge is 0.366 e. The molecule has 70 valence electrons. The van der Waals surface area contributed by atoms with Gasteiger partial charge in [0, 0.05) is 19.0 Å². The third kappa shape index (κ3) is 2.31. The fourth-order valence-corrected chi connectivity index (χ4v) is 1.36.